The lowest BCUT2D eigenvalue weighted by Gasteiger charge is -2.20. The van der Waals surface area contributed by atoms with Crippen molar-refractivity contribution in [1.29, 1.82) is 0 Å². The molecule has 0 aromatic carbocycles. The number of β-amino-alcohol motifs (C(OH)–C–C–N with tert-alkyl or cyclic N) is 1. The fourth-order valence-electron chi connectivity index (χ4n) is 1.84. The first kappa shape index (κ1) is 12.3. The molecule has 0 aliphatic carbocycles. The largest absolute Gasteiger partial charge is 0.480 e. The molecule has 2 rings (SSSR count). The quantitative estimate of drug-likeness (QED) is 0.846. The van der Waals surface area contributed by atoms with Crippen LogP contribution in [0, 0.1) is 0 Å². The summed E-state index contributed by atoms with van der Waals surface area (Å²) in [5, 5.41) is 18.4. The lowest BCUT2D eigenvalue weighted by molar-refractivity contribution is -0.141. The molecule has 0 unspecified atom stereocenters. The molecule has 2 N–H and O–H groups in total. The van der Waals surface area contributed by atoms with Crippen LogP contribution in [0.5, 0.6) is 0 Å². The number of carboxylic acid groups (broad SMARTS) is 1. The van der Waals surface area contributed by atoms with Gasteiger partial charge in [0.05, 0.1) is 15.3 Å². The normalized spacial score (nSPS) is 24.0. The van der Waals surface area contributed by atoms with Crippen LogP contribution >= 0.6 is 22.9 Å². The van der Waals surface area contributed by atoms with E-state index < -0.39 is 24.0 Å². The Bertz CT molecular complexity index is 461. The van der Waals surface area contributed by atoms with Crippen molar-refractivity contribution in [2.75, 3.05) is 6.54 Å². The van der Waals surface area contributed by atoms with Crippen molar-refractivity contribution < 1.29 is 19.8 Å². The fourth-order valence-corrected chi connectivity index (χ4v) is 2.84. The van der Waals surface area contributed by atoms with E-state index in [4.69, 9.17) is 16.7 Å². The minimum Gasteiger partial charge on any atom is -0.480 e. The van der Waals surface area contributed by atoms with Crippen LogP contribution in [-0.4, -0.2) is 45.7 Å². The Hall–Kier alpha value is -1.11. The Morgan fingerprint density at radius 2 is 2.18 bits per heavy atom. The smallest absolute Gasteiger partial charge is 0.326 e. The second kappa shape index (κ2) is 4.64. The van der Waals surface area contributed by atoms with Crippen LogP contribution in [0.1, 0.15) is 16.1 Å². The molecule has 1 fully saturated rings. The molecule has 0 radical (unpaired) electrons. The maximum absolute atomic E-state index is 12.0. The van der Waals surface area contributed by atoms with Crippen molar-refractivity contribution >= 4 is 34.8 Å². The molecule has 0 spiro atoms. The standard InChI is InChI=1S/C10H10ClNO4S/c11-8-2-1-7(17-8)9(14)12-4-5(13)3-6(12)10(15)16/h1-2,5-6,13H,3-4H2,(H,15,16)/t5-,6-/m1/s1. The van der Waals surface area contributed by atoms with E-state index in [1.165, 1.54) is 4.90 Å². The Morgan fingerprint density at radius 1 is 1.47 bits per heavy atom. The van der Waals surface area contributed by atoms with Crippen molar-refractivity contribution in [3.8, 4) is 0 Å². The van der Waals surface area contributed by atoms with Gasteiger partial charge in [0.1, 0.15) is 6.04 Å². The highest BCUT2D eigenvalue weighted by atomic mass is 35.5. The molecule has 1 aromatic heterocycles. The van der Waals surface area contributed by atoms with E-state index in [1.54, 1.807) is 12.1 Å². The minimum absolute atomic E-state index is 0.0469. The zero-order valence-electron chi connectivity index (χ0n) is 8.67. The first-order valence-corrected chi connectivity index (χ1v) is 6.15. The summed E-state index contributed by atoms with van der Waals surface area (Å²) in [5.74, 6) is -1.50. The molecule has 1 aliphatic rings. The van der Waals surface area contributed by atoms with Crippen molar-refractivity contribution in [3.05, 3.63) is 21.3 Å². The van der Waals surface area contributed by atoms with Crippen LogP contribution in [0.2, 0.25) is 4.34 Å². The number of rotatable bonds is 2. The number of halogens is 1. The minimum atomic E-state index is -1.10. The number of thiophene rings is 1. The first-order valence-electron chi connectivity index (χ1n) is 4.96. The van der Waals surface area contributed by atoms with Crippen LogP contribution in [-0.2, 0) is 4.79 Å². The number of nitrogens with zero attached hydrogens (tertiary/aromatic N) is 1. The molecule has 1 aromatic rings. The number of likely N-dealkylation sites (tertiary alicyclic amines) is 1. The lowest BCUT2D eigenvalue weighted by atomic mass is 10.2. The summed E-state index contributed by atoms with van der Waals surface area (Å²) in [6, 6.07) is 2.18. The van der Waals surface area contributed by atoms with Crippen LogP contribution in [0.25, 0.3) is 0 Å². The van der Waals surface area contributed by atoms with Crippen LogP contribution in [0.15, 0.2) is 12.1 Å². The van der Waals surface area contributed by atoms with Gasteiger partial charge in [0.15, 0.2) is 0 Å². The summed E-state index contributed by atoms with van der Waals surface area (Å²) in [4.78, 5) is 24.6. The second-order valence-electron chi connectivity index (χ2n) is 3.80. The van der Waals surface area contributed by atoms with Gasteiger partial charge < -0.3 is 15.1 Å². The van der Waals surface area contributed by atoms with E-state index in [1.807, 2.05) is 0 Å². The summed E-state index contributed by atoms with van der Waals surface area (Å²) < 4.78 is 0.472. The number of aliphatic hydroxyl groups is 1. The Balaban J connectivity index is 2.21. The van der Waals surface area contributed by atoms with Gasteiger partial charge in [-0.05, 0) is 12.1 Å². The van der Waals surface area contributed by atoms with Gasteiger partial charge in [-0.3, -0.25) is 4.79 Å². The molecule has 17 heavy (non-hydrogen) atoms. The van der Waals surface area contributed by atoms with E-state index in [-0.39, 0.29) is 13.0 Å². The topological polar surface area (TPSA) is 77.8 Å². The average Bonchev–Trinajstić information content (AvgIpc) is 2.83. The van der Waals surface area contributed by atoms with Gasteiger partial charge in [0.2, 0.25) is 0 Å². The zero-order valence-corrected chi connectivity index (χ0v) is 10.2. The van der Waals surface area contributed by atoms with Gasteiger partial charge in [0.25, 0.3) is 5.91 Å². The summed E-state index contributed by atoms with van der Waals surface area (Å²) in [5.41, 5.74) is 0. The number of hydrogen-bond donors (Lipinski definition) is 2. The SMILES string of the molecule is O=C(O)[C@H]1C[C@@H](O)CN1C(=O)c1ccc(Cl)s1. The van der Waals surface area contributed by atoms with Gasteiger partial charge in [-0.25, -0.2) is 4.79 Å². The molecule has 2 atom stereocenters. The number of hydrogen-bond acceptors (Lipinski definition) is 4. The van der Waals surface area contributed by atoms with Gasteiger partial charge in [0, 0.05) is 13.0 Å². The highest BCUT2D eigenvalue weighted by Gasteiger charge is 2.39. The van der Waals surface area contributed by atoms with E-state index in [9.17, 15) is 14.7 Å². The highest BCUT2D eigenvalue weighted by molar-refractivity contribution is 7.17. The van der Waals surface area contributed by atoms with Gasteiger partial charge in [-0.15, -0.1) is 11.3 Å². The first-order chi connectivity index (χ1) is 7.99. The zero-order chi connectivity index (χ0) is 12.6. The average molecular weight is 276 g/mol. The predicted molar refractivity (Wildman–Crippen MR) is 62.4 cm³/mol. The molecule has 1 saturated heterocycles. The van der Waals surface area contributed by atoms with E-state index in [0.717, 1.165) is 11.3 Å². The molecule has 2 heterocycles. The van der Waals surface area contributed by atoms with Gasteiger partial charge in [-0.1, -0.05) is 11.6 Å². The number of aliphatic carboxylic acids is 1. The molecule has 1 amide bonds. The van der Waals surface area contributed by atoms with Crippen molar-refractivity contribution in [2.45, 2.75) is 18.6 Å². The predicted octanol–water partition coefficient (Wildman–Crippen LogP) is 1.06. The Morgan fingerprint density at radius 3 is 2.71 bits per heavy atom. The fraction of sp³-hybridized carbons (Fsp3) is 0.400. The molecule has 1 aliphatic heterocycles. The molecule has 7 heteroatoms. The summed E-state index contributed by atoms with van der Waals surface area (Å²) in [7, 11) is 0. The third-order valence-electron chi connectivity index (χ3n) is 2.61. The third kappa shape index (κ3) is 2.43. The monoisotopic (exact) mass is 275 g/mol. The van der Waals surface area contributed by atoms with Gasteiger partial charge >= 0.3 is 5.97 Å². The second-order valence-corrected chi connectivity index (χ2v) is 5.52. The lowest BCUT2D eigenvalue weighted by Crippen LogP contribution is -2.40. The van der Waals surface area contributed by atoms with E-state index >= 15 is 0 Å². The highest BCUT2D eigenvalue weighted by Crippen LogP contribution is 2.26. The number of carboxylic acids is 1. The van der Waals surface area contributed by atoms with Gasteiger partial charge in [-0.2, -0.15) is 0 Å². The number of amides is 1. The van der Waals surface area contributed by atoms with Crippen LogP contribution < -0.4 is 0 Å². The Kier molecular flexibility index (Phi) is 3.37. The number of carbonyl (C=O) groups excluding carboxylic acids is 1. The summed E-state index contributed by atoms with van der Waals surface area (Å²) >= 11 is 6.82. The van der Waals surface area contributed by atoms with E-state index in [0.29, 0.717) is 9.21 Å². The molecule has 0 bridgehead atoms. The van der Waals surface area contributed by atoms with E-state index in [2.05, 4.69) is 0 Å². The van der Waals surface area contributed by atoms with Crippen molar-refractivity contribution in [2.24, 2.45) is 0 Å². The van der Waals surface area contributed by atoms with Crippen LogP contribution in [0.3, 0.4) is 0 Å². The molecular formula is C10H10ClNO4S. The summed E-state index contributed by atoms with van der Waals surface area (Å²) in [6.45, 7) is 0.0469. The maximum atomic E-state index is 12.0. The maximum Gasteiger partial charge on any atom is 0.326 e. The number of carbonyl (C=O) groups is 2. The summed E-state index contributed by atoms with van der Waals surface area (Å²) in [6.07, 6.45) is -0.712. The molecular weight excluding hydrogens is 266 g/mol. The Labute approximate surface area is 106 Å². The molecule has 92 valence electrons. The van der Waals surface area contributed by atoms with Crippen molar-refractivity contribution in [3.63, 3.8) is 0 Å². The third-order valence-corrected chi connectivity index (χ3v) is 3.83. The van der Waals surface area contributed by atoms with Crippen LogP contribution in [0.4, 0.5) is 0 Å². The number of aliphatic hydroxyl groups excluding tert-OH is 1. The van der Waals surface area contributed by atoms with Crippen molar-refractivity contribution in [1.82, 2.24) is 4.90 Å². The molecule has 5 nitrogen and oxygen atoms in total. The molecule has 0 saturated carbocycles.